The average molecular weight is 278 g/mol. The second-order valence-electron chi connectivity index (χ2n) is 4.91. The topological polar surface area (TPSA) is 64.6 Å². The molecule has 0 aliphatic carbocycles. The molecule has 0 radical (unpaired) electrons. The predicted octanol–water partition coefficient (Wildman–Crippen LogP) is 2.58. The molecule has 0 fully saturated rings. The number of hydrogen-bond acceptors (Lipinski definition) is 2. The number of ketones is 1. The number of carbonyl (C=O) groups excluding carboxylic acids is 2. The van der Waals surface area contributed by atoms with E-state index >= 15 is 0 Å². The van der Waals surface area contributed by atoms with E-state index in [1.54, 1.807) is 10.6 Å². The molecule has 21 heavy (non-hydrogen) atoms. The second kappa shape index (κ2) is 4.90. The fourth-order valence-corrected chi connectivity index (χ4v) is 2.55. The average Bonchev–Trinajstić information content (AvgIpc) is 2.85. The monoisotopic (exact) mass is 278 g/mol. The Bertz CT molecular complexity index is 862. The zero-order chi connectivity index (χ0) is 15.0. The minimum absolute atomic E-state index is 0.312. The Kier molecular flexibility index (Phi) is 3.06. The van der Waals surface area contributed by atoms with Crippen molar-refractivity contribution < 1.29 is 9.59 Å². The number of nitrogens with two attached hydrogens (primary N) is 1. The Morgan fingerprint density at radius 3 is 2.43 bits per heavy atom. The number of amides is 1. The standard InChI is InChI=1S/C17H14N2O2/c1-11-6-2-3-8-13(11)14-10-12-7-4-5-9-19(12)15(14)16(20)17(18)21/h2-10H,1H3,(H2,18,21). The first kappa shape index (κ1) is 13.1. The summed E-state index contributed by atoms with van der Waals surface area (Å²) in [7, 11) is 0. The lowest BCUT2D eigenvalue weighted by Gasteiger charge is -2.06. The lowest BCUT2D eigenvalue weighted by molar-refractivity contribution is -0.114. The van der Waals surface area contributed by atoms with Crippen molar-refractivity contribution in [3.05, 3.63) is 66.0 Å². The zero-order valence-electron chi connectivity index (χ0n) is 11.5. The molecule has 2 aromatic heterocycles. The molecular formula is C17H14N2O2. The summed E-state index contributed by atoms with van der Waals surface area (Å²) in [5.41, 5.74) is 9.04. The summed E-state index contributed by atoms with van der Waals surface area (Å²) in [6, 6.07) is 15.2. The van der Waals surface area contributed by atoms with Gasteiger partial charge in [0.15, 0.2) is 0 Å². The van der Waals surface area contributed by atoms with E-state index in [1.165, 1.54) is 0 Å². The van der Waals surface area contributed by atoms with Gasteiger partial charge < -0.3 is 10.1 Å². The van der Waals surface area contributed by atoms with Crippen molar-refractivity contribution in [2.24, 2.45) is 5.73 Å². The van der Waals surface area contributed by atoms with E-state index in [0.29, 0.717) is 5.69 Å². The van der Waals surface area contributed by atoms with Crippen LogP contribution in [0, 0.1) is 6.92 Å². The Morgan fingerprint density at radius 2 is 1.71 bits per heavy atom. The highest BCUT2D eigenvalue weighted by Gasteiger charge is 2.23. The third-order valence-corrected chi connectivity index (χ3v) is 3.55. The van der Waals surface area contributed by atoms with Crippen molar-refractivity contribution in [3.63, 3.8) is 0 Å². The number of aromatic nitrogens is 1. The lowest BCUT2D eigenvalue weighted by atomic mass is 9.99. The van der Waals surface area contributed by atoms with E-state index in [2.05, 4.69) is 0 Å². The highest BCUT2D eigenvalue weighted by atomic mass is 16.2. The van der Waals surface area contributed by atoms with Crippen LogP contribution < -0.4 is 5.73 Å². The smallest absolute Gasteiger partial charge is 0.291 e. The molecule has 1 amide bonds. The predicted molar refractivity (Wildman–Crippen MR) is 81.1 cm³/mol. The molecule has 0 saturated carbocycles. The zero-order valence-corrected chi connectivity index (χ0v) is 11.5. The molecule has 0 atom stereocenters. The molecule has 1 aromatic carbocycles. The van der Waals surface area contributed by atoms with Gasteiger partial charge in [-0.15, -0.1) is 0 Å². The number of pyridine rings is 1. The van der Waals surface area contributed by atoms with E-state index in [-0.39, 0.29) is 0 Å². The Balaban J connectivity index is 2.37. The Hall–Kier alpha value is -2.88. The minimum atomic E-state index is -0.950. The van der Waals surface area contributed by atoms with Crippen molar-refractivity contribution >= 4 is 17.2 Å². The van der Waals surface area contributed by atoms with Crippen molar-refractivity contribution in [2.45, 2.75) is 6.92 Å². The van der Waals surface area contributed by atoms with Crippen LogP contribution in [0.3, 0.4) is 0 Å². The maximum Gasteiger partial charge on any atom is 0.291 e. The molecule has 0 spiro atoms. The van der Waals surface area contributed by atoms with Crippen LogP contribution in [0.5, 0.6) is 0 Å². The van der Waals surface area contributed by atoms with E-state index in [9.17, 15) is 9.59 Å². The third kappa shape index (κ3) is 2.10. The summed E-state index contributed by atoms with van der Waals surface area (Å²) in [4.78, 5) is 23.6. The van der Waals surface area contributed by atoms with Gasteiger partial charge in [0.2, 0.25) is 0 Å². The summed E-state index contributed by atoms with van der Waals surface area (Å²) in [5, 5.41) is 0. The van der Waals surface area contributed by atoms with Crippen LogP contribution in [0.1, 0.15) is 16.1 Å². The summed E-state index contributed by atoms with van der Waals surface area (Å²) in [6.45, 7) is 1.97. The number of carbonyl (C=O) groups is 2. The molecule has 0 aliphatic rings. The minimum Gasteiger partial charge on any atom is -0.363 e. The van der Waals surface area contributed by atoms with Crippen molar-refractivity contribution in [2.75, 3.05) is 0 Å². The van der Waals surface area contributed by atoms with Gasteiger partial charge in [-0.05, 0) is 36.2 Å². The summed E-state index contributed by atoms with van der Waals surface area (Å²) in [5.74, 6) is -1.63. The lowest BCUT2D eigenvalue weighted by Crippen LogP contribution is -2.24. The maximum atomic E-state index is 12.2. The quantitative estimate of drug-likeness (QED) is 0.591. The summed E-state index contributed by atoms with van der Waals surface area (Å²) >= 11 is 0. The third-order valence-electron chi connectivity index (χ3n) is 3.55. The van der Waals surface area contributed by atoms with Crippen molar-refractivity contribution in [3.8, 4) is 11.1 Å². The van der Waals surface area contributed by atoms with Crippen LogP contribution in [0.25, 0.3) is 16.6 Å². The highest BCUT2D eigenvalue weighted by Crippen LogP contribution is 2.30. The molecule has 2 N–H and O–H groups in total. The van der Waals surface area contributed by atoms with Crippen LogP contribution in [0.2, 0.25) is 0 Å². The maximum absolute atomic E-state index is 12.2. The van der Waals surface area contributed by atoms with Gasteiger partial charge in [0.05, 0.1) is 0 Å². The molecule has 4 heteroatoms. The fourth-order valence-electron chi connectivity index (χ4n) is 2.55. The second-order valence-corrected chi connectivity index (χ2v) is 4.91. The molecule has 0 saturated heterocycles. The van der Waals surface area contributed by atoms with E-state index < -0.39 is 11.7 Å². The van der Waals surface area contributed by atoms with Gasteiger partial charge in [0.25, 0.3) is 11.7 Å². The number of rotatable bonds is 3. The highest BCUT2D eigenvalue weighted by molar-refractivity contribution is 6.43. The molecule has 3 aromatic rings. The van der Waals surface area contributed by atoms with E-state index in [1.807, 2.05) is 55.5 Å². The molecule has 0 aliphatic heterocycles. The van der Waals surface area contributed by atoms with Gasteiger partial charge in [0.1, 0.15) is 5.69 Å². The largest absolute Gasteiger partial charge is 0.363 e. The van der Waals surface area contributed by atoms with Gasteiger partial charge >= 0.3 is 0 Å². The SMILES string of the molecule is Cc1ccccc1-c1cc2ccccn2c1C(=O)C(N)=O. The summed E-state index contributed by atoms with van der Waals surface area (Å²) < 4.78 is 1.70. The first-order chi connectivity index (χ1) is 10.1. The molecular weight excluding hydrogens is 264 g/mol. The van der Waals surface area contributed by atoms with Crippen LogP contribution in [0.4, 0.5) is 0 Å². The number of aryl methyl sites for hydroxylation is 1. The molecule has 0 bridgehead atoms. The van der Waals surface area contributed by atoms with Crippen LogP contribution in [-0.4, -0.2) is 16.1 Å². The number of fused-ring (bicyclic) bond motifs is 1. The van der Waals surface area contributed by atoms with Gasteiger partial charge in [-0.1, -0.05) is 30.3 Å². The molecule has 4 nitrogen and oxygen atoms in total. The van der Waals surface area contributed by atoms with Gasteiger partial charge in [-0.25, -0.2) is 0 Å². The first-order valence-electron chi connectivity index (χ1n) is 6.60. The van der Waals surface area contributed by atoms with Crippen LogP contribution in [0.15, 0.2) is 54.7 Å². The van der Waals surface area contributed by atoms with Crippen LogP contribution >= 0.6 is 0 Å². The number of hydrogen-bond donors (Lipinski definition) is 1. The summed E-state index contributed by atoms with van der Waals surface area (Å²) in [6.07, 6.45) is 1.76. The molecule has 3 rings (SSSR count). The Morgan fingerprint density at radius 1 is 1.00 bits per heavy atom. The fraction of sp³-hybridized carbons (Fsp3) is 0.0588. The molecule has 2 heterocycles. The number of nitrogens with zero attached hydrogens (tertiary/aromatic N) is 1. The van der Waals surface area contributed by atoms with Crippen molar-refractivity contribution in [1.82, 2.24) is 4.40 Å². The number of benzene rings is 1. The van der Waals surface area contributed by atoms with Crippen molar-refractivity contribution in [1.29, 1.82) is 0 Å². The van der Waals surface area contributed by atoms with Gasteiger partial charge in [-0.2, -0.15) is 0 Å². The Labute approximate surface area is 121 Å². The first-order valence-corrected chi connectivity index (χ1v) is 6.60. The van der Waals surface area contributed by atoms with E-state index in [0.717, 1.165) is 22.2 Å². The molecule has 0 unspecified atom stereocenters. The normalized spacial score (nSPS) is 10.7. The van der Waals surface area contributed by atoms with Gasteiger partial charge in [0, 0.05) is 17.3 Å². The van der Waals surface area contributed by atoms with Gasteiger partial charge in [-0.3, -0.25) is 9.59 Å². The number of primary amides is 1. The molecule has 104 valence electrons. The number of Topliss-reactive ketones (excluding diaryl/α,β-unsaturated/α-hetero) is 1. The van der Waals surface area contributed by atoms with E-state index in [4.69, 9.17) is 5.73 Å². The van der Waals surface area contributed by atoms with Crippen LogP contribution in [-0.2, 0) is 4.79 Å².